The van der Waals surface area contributed by atoms with E-state index in [1.54, 1.807) is 16.6 Å². The van der Waals surface area contributed by atoms with E-state index in [4.69, 9.17) is 0 Å². The lowest BCUT2D eigenvalue weighted by molar-refractivity contribution is 0.194. The van der Waals surface area contributed by atoms with Crippen LogP contribution in [0.4, 0.5) is 39.8 Å². The maximum absolute atomic E-state index is 2.93. The summed E-state index contributed by atoms with van der Waals surface area (Å²) in [6.45, 7) is 22.5. The Labute approximate surface area is 336 Å². The molecule has 4 heteroatoms. The molecule has 56 heavy (non-hydrogen) atoms. The Balaban J connectivity index is 1.31. The second kappa shape index (κ2) is 11.1. The Morgan fingerprint density at radius 2 is 1.09 bits per heavy atom. The predicted molar refractivity (Wildman–Crippen MR) is 240 cm³/mol. The monoisotopic (exact) mass is 735 g/mol. The zero-order chi connectivity index (χ0) is 38.7. The molecule has 0 radical (unpaired) electrons. The Morgan fingerprint density at radius 1 is 0.571 bits per heavy atom. The summed E-state index contributed by atoms with van der Waals surface area (Å²) in [7, 11) is 0. The number of anilines is 7. The van der Waals surface area contributed by atoms with E-state index in [0.29, 0.717) is 0 Å². The van der Waals surface area contributed by atoms with Crippen LogP contribution in [0.2, 0.25) is 0 Å². The number of aryl methyl sites for hydroxylation is 2. The maximum Gasteiger partial charge on any atom is 0.252 e. The number of para-hydroxylation sites is 3. The van der Waals surface area contributed by atoms with Gasteiger partial charge in [0.1, 0.15) is 0 Å². The van der Waals surface area contributed by atoms with E-state index in [0.717, 1.165) is 0 Å². The Morgan fingerprint density at radius 3 is 1.64 bits per heavy atom. The van der Waals surface area contributed by atoms with Crippen molar-refractivity contribution in [3.63, 3.8) is 0 Å². The summed E-state index contributed by atoms with van der Waals surface area (Å²) in [5.41, 5.74) is 21.6. The van der Waals surface area contributed by atoms with E-state index >= 15 is 0 Å². The van der Waals surface area contributed by atoms with Gasteiger partial charge in [0.15, 0.2) is 0 Å². The van der Waals surface area contributed by atoms with E-state index in [1.165, 1.54) is 119 Å². The second-order valence-electron chi connectivity index (χ2n) is 20.5. The van der Waals surface area contributed by atoms with E-state index < -0.39 is 0 Å². The van der Waals surface area contributed by atoms with Crippen LogP contribution in [-0.2, 0) is 16.2 Å². The minimum atomic E-state index is -0.0389. The van der Waals surface area contributed by atoms with E-state index in [9.17, 15) is 0 Å². The molecule has 284 valence electrons. The van der Waals surface area contributed by atoms with Crippen LogP contribution < -0.4 is 31.1 Å². The molecule has 2 saturated carbocycles. The minimum absolute atomic E-state index is 0.0236. The van der Waals surface area contributed by atoms with Gasteiger partial charge in [-0.15, -0.1) is 0 Å². The van der Waals surface area contributed by atoms with E-state index in [-0.39, 0.29) is 34.0 Å². The van der Waals surface area contributed by atoms with E-state index in [2.05, 4.69) is 168 Å². The average Bonchev–Trinajstić information content (AvgIpc) is 3.52. The molecule has 5 aromatic carbocycles. The van der Waals surface area contributed by atoms with Crippen molar-refractivity contribution in [2.45, 2.75) is 141 Å². The molecule has 0 bridgehead atoms. The van der Waals surface area contributed by atoms with Crippen LogP contribution >= 0.6 is 0 Å². The summed E-state index contributed by atoms with van der Waals surface area (Å²) in [5, 5.41) is 0. The molecule has 11 rings (SSSR count). The van der Waals surface area contributed by atoms with Crippen molar-refractivity contribution in [3.05, 3.63) is 119 Å². The minimum Gasteiger partial charge on any atom is -0.335 e. The third kappa shape index (κ3) is 4.07. The highest BCUT2D eigenvalue weighted by Gasteiger charge is 2.65. The highest BCUT2D eigenvalue weighted by molar-refractivity contribution is 7.00. The second-order valence-corrected chi connectivity index (χ2v) is 20.5. The SMILES string of the molecule is Cc1ccccc1N(c1cc2c3c(c1)N1c4c(cc(C(C)(C)C)cc4C4(C)CCCCC14C)B3c1cccc3c1N2C1(C)CCCCC31C)c1ccccc1C. The first-order valence-electron chi connectivity index (χ1n) is 21.8. The van der Waals surface area contributed by atoms with Crippen molar-refractivity contribution in [3.8, 4) is 0 Å². The van der Waals surface area contributed by atoms with Gasteiger partial charge >= 0.3 is 0 Å². The largest absolute Gasteiger partial charge is 0.335 e. The normalized spacial score (nSPS) is 27.7. The number of hydrogen-bond donors (Lipinski definition) is 0. The van der Waals surface area contributed by atoms with Crippen molar-refractivity contribution < 1.29 is 0 Å². The molecule has 3 nitrogen and oxygen atoms in total. The topological polar surface area (TPSA) is 9.72 Å². The predicted octanol–water partition coefficient (Wildman–Crippen LogP) is 11.7. The Bertz CT molecular complexity index is 2450. The van der Waals surface area contributed by atoms with Crippen molar-refractivity contribution >= 4 is 62.9 Å². The summed E-state index contributed by atoms with van der Waals surface area (Å²) >= 11 is 0. The van der Waals surface area contributed by atoms with Gasteiger partial charge in [0.05, 0.1) is 16.8 Å². The lowest BCUT2D eigenvalue weighted by Gasteiger charge is -2.55. The molecule has 0 N–H and O–H groups in total. The highest BCUT2D eigenvalue weighted by atomic mass is 15.3. The van der Waals surface area contributed by atoms with Gasteiger partial charge in [0.2, 0.25) is 0 Å². The van der Waals surface area contributed by atoms with Crippen LogP contribution in [0.15, 0.2) is 91.0 Å². The Hall–Kier alpha value is -4.44. The number of benzene rings is 5. The molecule has 5 aromatic rings. The lowest BCUT2D eigenvalue weighted by atomic mass is 9.33. The van der Waals surface area contributed by atoms with Gasteiger partial charge in [0, 0.05) is 45.0 Å². The van der Waals surface area contributed by atoms with Gasteiger partial charge in [-0.2, -0.15) is 0 Å². The van der Waals surface area contributed by atoms with Crippen LogP contribution in [0, 0.1) is 13.8 Å². The number of nitrogens with zero attached hydrogens (tertiary/aromatic N) is 3. The molecule has 4 heterocycles. The van der Waals surface area contributed by atoms with Gasteiger partial charge in [-0.25, -0.2) is 0 Å². The lowest BCUT2D eigenvalue weighted by Crippen LogP contribution is -2.66. The van der Waals surface area contributed by atoms with Crippen molar-refractivity contribution in [2.24, 2.45) is 0 Å². The third-order valence-corrected chi connectivity index (χ3v) is 16.7. The molecule has 2 aliphatic carbocycles. The van der Waals surface area contributed by atoms with Gasteiger partial charge < -0.3 is 14.7 Å². The molecular formula is C52H58BN3. The van der Waals surface area contributed by atoms with Crippen molar-refractivity contribution in [1.29, 1.82) is 0 Å². The highest BCUT2D eigenvalue weighted by Crippen LogP contribution is 2.65. The Kier molecular flexibility index (Phi) is 6.92. The summed E-state index contributed by atoms with van der Waals surface area (Å²) in [4.78, 5) is 8.44. The summed E-state index contributed by atoms with van der Waals surface area (Å²) in [6.07, 6.45) is 10.0. The molecule has 4 atom stereocenters. The number of hydrogen-bond acceptors (Lipinski definition) is 3. The number of fused-ring (bicyclic) bond motifs is 10. The van der Waals surface area contributed by atoms with Crippen LogP contribution in [0.3, 0.4) is 0 Å². The van der Waals surface area contributed by atoms with Gasteiger partial charge in [-0.05, 0) is 127 Å². The first-order valence-corrected chi connectivity index (χ1v) is 21.8. The smallest absolute Gasteiger partial charge is 0.252 e. The van der Waals surface area contributed by atoms with E-state index in [1.807, 2.05) is 0 Å². The zero-order valence-corrected chi connectivity index (χ0v) is 35.2. The van der Waals surface area contributed by atoms with Crippen LogP contribution in [-0.4, -0.2) is 17.8 Å². The quantitative estimate of drug-likeness (QED) is 0.171. The molecule has 0 saturated heterocycles. The van der Waals surface area contributed by atoms with Gasteiger partial charge in [0.25, 0.3) is 6.71 Å². The fourth-order valence-corrected chi connectivity index (χ4v) is 13.2. The summed E-state index contributed by atoms with van der Waals surface area (Å²) < 4.78 is 0. The molecule has 6 aliphatic rings. The molecule has 4 unspecified atom stereocenters. The standard InChI is InChI=1S/C52H58BN3/c1-33-19-10-12-23-41(33)54(42-24-13-11-20-34(42)2)36-31-43-45-44(32-36)56-47-38(50(7)26-15-17-28-52(50,56)9)29-35(48(3,4)5)30-40(47)53(45)39-22-18-21-37-46(39)55(43)51(8)27-16-14-25-49(37,51)6/h10-13,18-24,29-32H,14-17,25-28H2,1-9H3. The van der Waals surface area contributed by atoms with Crippen LogP contribution in [0.25, 0.3) is 0 Å². The van der Waals surface area contributed by atoms with Crippen molar-refractivity contribution in [2.75, 3.05) is 14.7 Å². The van der Waals surface area contributed by atoms with Gasteiger partial charge in [-0.1, -0.05) is 127 Å². The first kappa shape index (κ1) is 34.8. The zero-order valence-electron chi connectivity index (χ0n) is 35.2. The van der Waals surface area contributed by atoms with Gasteiger partial charge in [-0.3, -0.25) is 0 Å². The number of rotatable bonds is 3. The molecule has 0 spiro atoms. The molecule has 0 amide bonds. The van der Waals surface area contributed by atoms with Crippen LogP contribution in [0.1, 0.15) is 128 Å². The summed E-state index contributed by atoms with van der Waals surface area (Å²) in [5.74, 6) is 0. The fraction of sp³-hybridized carbons (Fsp3) is 0.423. The third-order valence-electron chi connectivity index (χ3n) is 16.7. The first-order chi connectivity index (χ1) is 26.7. The molecule has 0 aromatic heterocycles. The average molecular weight is 736 g/mol. The molecular weight excluding hydrogens is 677 g/mol. The molecule has 2 fully saturated rings. The maximum atomic E-state index is 2.93. The fourth-order valence-electron chi connectivity index (χ4n) is 13.2. The van der Waals surface area contributed by atoms with Crippen LogP contribution in [0.5, 0.6) is 0 Å². The summed E-state index contributed by atoms with van der Waals surface area (Å²) in [6, 6.07) is 36.0. The molecule has 4 aliphatic heterocycles. The van der Waals surface area contributed by atoms with Crippen molar-refractivity contribution in [1.82, 2.24) is 0 Å².